The van der Waals surface area contributed by atoms with Crippen molar-refractivity contribution in [1.29, 1.82) is 0 Å². The minimum Gasteiger partial charge on any atom is -0.370 e. The van der Waals surface area contributed by atoms with Gasteiger partial charge in [-0.1, -0.05) is 26.7 Å². The van der Waals surface area contributed by atoms with E-state index in [1.165, 1.54) is 51.4 Å². The van der Waals surface area contributed by atoms with Gasteiger partial charge in [0.2, 0.25) is 0 Å². The quantitative estimate of drug-likeness (QED) is 0.775. The third-order valence-corrected chi connectivity index (χ3v) is 4.72. The summed E-state index contributed by atoms with van der Waals surface area (Å²) in [5, 5.41) is 3.66. The highest BCUT2D eigenvalue weighted by atomic mass is 16.5. The van der Waals surface area contributed by atoms with Crippen LogP contribution in [0.3, 0.4) is 0 Å². The summed E-state index contributed by atoms with van der Waals surface area (Å²) in [5.74, 6) is 0.818. The molecule has 2 atom stereocenters. The van der Waals surface area contributed by atoms with Crippen LogP contribution in [0.25, 0.3) is 0 Å². The molecule has 0 aromatic heterocycles. The fourth-order valence-electron chi connectivity index (χ4n) is 3.44. The van der Waals surface area contributed by atoms with Crippen molar-refractivity contribution in [3.8, 4) is 0 Å². The Bertz CT molecular complexity index is 245. The summed E-state index contributed by atoms with van der Waals surface area (Å²) < 4.78 is 6.32. The monoisotopic (exact) mass is 253 g/mol. The average Bonchev–Trinajstić information content (AvgIpc) is 2.95. The molecule has 1 saturated heterocycles. The van der Waals surface area contributed by atoms with E-state index in [1.54, 1.807) is 0 Å². The third-order valence-electron chi connectivity index (χ3n) is 4.72. The maximum atomic E-state index is 6.32. The summed E-state index contributed by atoms with van der Waals surface area (Å²) >= 11 is 0. The van der Waals surface area contributed by atoms with Gasteiger partial charge in [-0.2, -0.15) is 0 Å². The Balaban J connectivity index is 1.62. The standard InChI is InChI=1S/C16H31NO/c1-13(2)6-7-14(3)17-12-15-8-11-16(18-15)9-4-5-10-16/h13-15,17H,4-12H2,1-3H3. The van der Waals surface area contributed by atoms with Gasteiger partial charge in [0.25, 0.3) is 0 Å². The van der Waals surface area contributed by atoms with Crippen molar-refractivity contribution in [3.05, 3.63) is 0 Å². The molecule has 1 aliphatic heterocycles. The molecule has 1 heterocycles. The van der Waals surface area contributed by atoms with E-state index in [1.807, 2.05) is 0 Å². The van der Waals surface area contributed by atoms with E-state index < -0.39 is 0 Å². The van der Waals surface area contributed by atoms with E-state index in [0.717, 1.165) is 12.5 Å². The Morgan fingerprint density at radius 1 is 1.11 bits per heavy atom. The Labute approximate surface area is 113 Å². The molecule has 2 aliphatic rings. The lowest BCUT2D eigenvalue weighted by Gasteiger charge is -2.24. The first kappa shape index (κ1) is 14.3. The lowest BCUT2D eigenvalue weighted by Crippen LogP contribution is -2.35. The van der Waals surface area contributed by atoms with E-state index in [2.05, 4.69) is 26.1 Å². The smallest absolute Gasteiger partial charge is 0.0708 e. The van der Waals surface area contributed by atoms with Crippen LogP contribution in [0.5, 0.6) is 0 Å². The van der Waals surface area contributed by atoms with Crippen molar-refractivity contribution in [3.63, 3.8) is 0 Å². The fourth-order valence-corrected chi connectivity index (χ4v) is 3.44. The van der Waals surface area contributed by atoms with Crippen molar-refractivity contribution in [1.82, 2.24) is 5.32 Å². The Morgan fingerprint density at radius 2 is 1.83 bits per heavy atom. The van der Waals surface area contributed by atoms with Gasteiger partial charge in [-0.05, 0) is 51.4 Å². The van der Waals surface area contributed by atoms with E-state index in [0.29, 0.717) is 17.7 Å². The second kappa shape index (κ2) is 6.38. The Hall–Kier alpha value is -0.0800. The van der Waals surface area contributed by atoms with Gasteiger partial charge in [-0.3, -0.25) is 0 Å². The highest BCUT2D eigenvalue weighted by Gasteiger charge is 2.41. The molecule has 0 bridgehead atoms. The number of nitrogens with one attached hydrogen (secondary N) is 1. The molecule has 1 N–H and O–H groups in total. The predicted octanol–water partition coefficient (Wildman–Crippen LogP) is 3.89. The summed E-state index contributed by atoms with van der Waals surface area (Å²) in [5.41, 5.74) is 0.299. The lowest BCUT2D eigenvalue weighted by atomic mass is 9.98. The van der Waals surface area contributed by atoms with Gasteiger partial charge in [0.15, 0.2) is 0 Å². The van der Waals surface area contributed by atoms with Crippen LogP contribution in [0.1, 0.15) is 72.1 Å². The topological polar surface area (TPSA) is 21.3 Å². The summed E-state index contributed by atoms with van der Waals surface area (Å²) in [6.45, 7) is 7.97. The molecule has 1 saturated carbocycles. The maximum Gasteiger partial charge on any atom is 0.0708 e. The molecule has 2 rings (SSSR count). The molecule has 2 nitrogen and oxygen atoms in total. The van der Waals surface area contributed by atoms with Crippen LogP contribution >= 0.6 is 0 Å². The van der Waals surface area contributed by atoms with E-state index >= 15 is 0 Å². The third kappa shape index (κ3) is 3.96. The molecule has 0 amide bonds. The average molecular weight is 253 g/mol. The van der Waals surface area contributed by atoms with Gasteiger partial charge in [0.1, 0.15) is 0 Å². The van der Waals surface area contributed by atoms with Gasteiger partial charge in [0, 0.05) is 12.6 Å². The minimum absolute atomic E-state index is 0.299. The van der Waals surface area contributed by atoms with Crippen molar-refractivity contribution in [2.75, 3.05) is 6.54 Å². The molecule has 2 unspecified atom stereocenters. The zero-order valence-corrected chi connectivity index (χ0v) is 12.5. The van der Waals surface area contributed by atoms with E-state index in [4.69, 9.17) is 4.74 Å². The minimum atomic E-state index is 0.299. The molecule has 0 aromatic rings. The fraction of sp³-hybridized carbons (Fsp3) is 1.00. The number of hydrogen-bond donors (Lipinski definition) is 1. The van der Waals surface area contributed by atoms with Crippen molar-refractivity contribution in [2.24, 2.45) is 5.92 Å². The van der Waals surface area contributed by atoms with Crippen molar-refractivity contribution < 1.29 is 4.74 Å². The first-order valence-corrected chi connectivity index (χ1v) is 8.01. The normalized spacial score (nSPS) is 28.3. The first-order chi connectivity index (χ1) is 8.60. The second-order valence-corrected chi connectivity index (χ2v) is 6.95. The van der Waals surface area contributed by atoms with E-state index in [-0.39, 0.29) is 0 Å². The van der Waals surface area contributed by atoms with E-state index in [9.17, 15) is 0 Å². The van der Waals surface area contributed by atoms with Crippen LogP contribution in [0.15, 0.2) is 0 Å². The van der Waals surface area contributed by atoms with Crippen molar-refractivity contribution >= 4 is 0 Å². The summed E-state index contributed by atoms with van der Waals surface area (Å²) in [6.07, 6.45) is 11.0. The van der Waals surface area contributed by atoms with Crippen LogP contribution in [-0.4, -0.2) is 24.3 Å². The number of rotatable bonds is 6. The molecule has 0 aromatic carbocycles. The van der Waals surface area contributed by atoms with Gasteiger partial charge in [-0.15, -0.1) is 0 Å². The second-order valence-electron chi connectivity index (χ2n) is 6.95. The first-order valence-electron chi connectivity index (χ1n) is 8.01. The summed E-state index contributed by atoms with van der Waals surface area (Å²) in [4.78, 5) is 0. The van der Waals surface area contributed by atoms with Crippen molar-refractivity contribution in [2.45, 2.75) is 89.9 Å². The molecule has 106 valence electrons. The molecule has 1 spiro atoms. The van der Waals surface area contributed by atoms with Crippen LogP contribution in [0.2, 0.25) is 0 Å². The highest BCUT2D eigenvalue weighted by Crippen LogP contribution is 2.43. The van der Waals surface area contributed by atoms with Crippen LogP contribution in [-0.2, 0) is 4.74 Å². The number of hydrogen-bond acceptors (Lipinski definition) is 2. The number of ether oxygens (including phenoxy) is 1. The zero-order valence-electron chi connectivity index (χ0n) is 12.5. The Kier molecular flexibility index (Phi) is 5.08. The molecule has 0 radical (unpaired) electrons. The summed E-state index contributed by atoms with van der Waals surface area (Å²) in [6, 6.07) is 0.635. The molecule has 1 aliphatic carbocycles. The molecular formula is C16H31NO. The zero-order chi connectivity index (χ0) is 13.0. The predicted molar refractivity (Wildman–Crippen MR) is 76.8 cm³/mol. The van der Waals surface area contributed by atoms with Crippen LogP contribution in [0, 0.1) is 5.92 Å². The maximum absolute atomic E-state index is 6.32. The molecule has 2 fully saturated rings. The molecule has 18 heavy (non-hydrogen) atoms. The largest absolute Gasteiger partial charge is 0.370 e. The van der Waals surface area contributed by atoms with Gasteiger partial charge < -0.3 is 10.1 Å². The van der Waals surface area contributed by atoms with Crippen LogP contribution < -0.4 is 5.32 Å². The molecular weight excluding hydrogens is 222 g/mol. The van der Waals surface area contributed by atoms with Gasteiger partial charge in [-0.25, -0.2) is 0 Å². The molecule has 2 heteroatoms. The highest BCUT2D eigenvalue weighted by molar-refractivity contribution is 4.93. The Morgan fingerprint density at radius 3 is 2.50 bits per heavy atom. The van der Waals surface area contributed by atoms with Gasteiger partial charge >= 0.3 is 0 Å². The van der Waals surface area contributed by atoms with Crippen LogP contribution in [0.4, 0.5) is 0 Å². The summed E-state index contributed by atoms with van der Waals surface area (Å²) in [7, 11) is 0. The SMILES string of the molecule is CC(C)CCC(C)NCC1CCC2(CCCC2)O1. The lowest BCUT2D eigenvalue weighted by molar-refractivity contribution is -0.0358. The van der Waals surface area contributed by atoms with Gasteiger partial charge in [0.05, 0.1) is 11.7 Å².